The van der Waals surface area contributed by atoms with Crippen LogP contribution in [0.25, 0.3) is 11.4 Å². The molecule has 3 unspecified atom stereocenters. The van der Waals surface area contributed by atoms with Crippen molar-refractivity contribution < 1.29 is 4.74 Å². The summed E-state index contributed by atoms with van der Waals surface area (Å²) in [6, 6.07) is 4.30. The number of hydrogen-bond acceptors (Lipinski definition) is 5. The Morgan fingerprint density at radius 3 is 2.81 bits per heavy atom. The largest absolute Gasteiger partial charge is 0.398 e. The molecule has 2 N–H and O–H groups in total. The van der Waals surface area contributed by atoms with Gasteiger partial charge in [-0.2, -0.15) is 0 Å². The van der Waals surface area contributed by atoms with Crippen molar-refractivity contribution in [3.63, 3.8) is 0 Å². The van der Waals surface area contributed by atoms with Crippen molar-refractivity contribution in [2.24, 2.45) is 0 Å². The van der Waals surface area contributed by atoms with Crippen LogP contribution in [0, 0.1) is 13.8 Å². The molecule has 110 valence electrons. The third-order valence-corrected chi connectivity index (χ3v) is 4.73. The Labute approximate surface area is 123 Å². The van der Waals surface area contributed by atoms with Crippen LogP contribution in [0.15, 0.2) is 12.1 Å². The summed E-state index contributed by atoms with van der Waals surface area (Å²) in [4.78, 5) is 0. The number of nitrogens with two attached hydrogens (primary N) is 1. The Morgan fingerprint density at radius 1 is 1.24 bits per heavy atom. The highest BCUT2D eigenvalue weighted by atomic mass is 16.5. The lowest BCUT2D eigenvalue weighted by Gasteiger charge is -2.20. The SMILES string of the molecule is Cc1cc(C)c(-c2nnnn2C2CC3CCC2O3)cc1N. The lowest BCUT2D eigenvalue weighted by atomic mass is 9.95. The van der Waals surface area contributed by atoms with Gasteiger partial charge in [-0.3, -0.25) is 0 Å². The third kappa shape index (κ3) is 1.93. The number of fused-ring (bicyclic) bond motifs is 2. The molecule has 3 atom stereocenters. The first-order chi connectivity index (χ1) is 10.1. The van der Waals surface area contributed by atoms with Crippen LogP contribution in [-0.4, -0.2) is 32.4 Å². The minimum absolute atomic E-state index is 0.246. The van der Waals surface area contributed by atoms with E-state index >= 15 is 0 Å². The molecule has 4 rings (SSSR count). The van der Waals surface area contributed by atoms with Gasteiger partial charge in [0.1, 0.15) is 0 Å². The van der Waals surface area contributed by atoms with Crippen molar-refractivity contribution in [1.29, 1.82) is 0 Å². The predicted octanol–water partition coefficient (Wildman–Crippen LogP) is 2.03. The normalized spacial score (nSPS) is 27.4. The summed E-state index contributed by atoms with van der Waals surface area (Å²) in [5, 5.41) is 12.3. The molecular formula is C15H19N5O. The van der Waals surface area contributed by atoms with Gasteiger partial charge in [0.25, 0.3) is 0 Å². The number of ether oxygens (including phenoxy) is 1. The van der Waals surface area contributed by atoms with Crippen molar-refractivity contribution >= 4 is 5.69 Å². The molecule has 2 aromatic rings. The van der Waals surface area contributed by atoms with Crippen molar-refractivity contribution in [2.45, 2.75) is 51.4 Å². The average molecular weight is 285 g/mol. The monoisotopic (exact) mass is 285 g/mol. The van der Waals surface area contributed by atoms with E-state index < -0.39 is 0 Å². The molecule has 2 aliphatic heterocycles. The number of anilines is 1. The Morgan fingerprint density at radius 2 is 2.10 bits per heavy atom. The quantitative estimate of drug-likeness (QED) is 0.854. The average Bonchev–Trinajstić information content (AvgIpc) is 3.17. The molecule has 1 aromatic carbocycles. The number of aromatic nitrogens is 4. The van der Waals surface area contributed by atoms with E-state index in [0.717, 1.165) is 47.5 Å². The van der Waals surface area contributed by atoms with Gasteiger partial charge >= 0.3 is 0 Å². The van der Waals surface area contributed by atoms with Crippen LogP contribution < -0.4 is 5.73 Å². The van der Waals surface area contributed by atoms with E-state index in [1.54, 1.807) is 0 Å². The molecule has 0 amide bonds. The Balaban J connectivity index is 1.77. The number of nitrogens with zero attached hydrogens (tertiary/aromatic N) is 4. The van der Waals surface area contributed by atoms with E-state index in [-0.39, 0.29) is 12.1 Å². The number of rotatable bonds is 2. The van der Waals surface area contributed by atoms with Crippen LogP contribution in [0.2, 0.25) is 0 Å². The van der Waals surface area contributed by atoms with Crippen molar-refractivity contribution in [1.82, 2.24) is 20.2 Å². The van der Waals surface area contributed by atoms with Crippen LogP contribution in [-0.2, 0) is 4.74 Å². The van der Waals surface area contributed by atoms with Crippen LogP contribution >= 0.6 is 0 Å². The van der Waals surface area contributed by atoms with Gasteiger partial charge in [0, 0.05) is 11.3 Å². The molecule has 2 fully saturated rings. The highest BCUT2D eigenvalue weighted by Crippen LogP contribution is 2.42. The van der Waals surface area contributed by atoms with Crippen molar-refractivity contribution in [2.75, 3.05) is 5.73 Å². The maximum atomic E-state index is 6.06. The zero-order valence-electron chi connectivity index (χ0n) is 12.3. The number of aryl methyl sites for hydroxylation is 2. The van der Waals surface area contributed by atoms with Crippen LogP contribution in [0.1, 0.15) is 36.4 Å². The van der Waals surface area contributed by atoms with Gasteiger partial charge in [-0.1, -0.05) is 6.07 Å². The van der Waals surface area contributed by atoms with Crippen molar-refractivity contribution in [3.8, 4) is 11.4 Å². The molecule has 6 nitrogen and oxygen atoms in total. The summed E-state index contributed by atoms with van der Waals surface area (Å²) in [5.74, 6) is 0.792. The van der Waals surface area contributed by atoms with Gasteiger partial charge in [0.2, 0.25) is 0 Å². The molecular weight excluding hydrogens is 266 g/mol. The van der Waals surface area contributed by atoms with Gasteiger partial charge in [0.15, 0.2) is 5.82 Å². The highest BCUT2D eigenvalue weighted by Gasteiger charge is 2.43. The van der Waals surface area contributed by atoms with Gasteiger partial charge in [-0.25, -0.2) is 4.68 Å². The topological polar surface area (TPSA) is 78.8 Å². The number of nitrogen functional groups attached to an aromatic ring is 1. The van der Waals surface area contributed by atoms with Gasteiger partial charge in [0.05, 0.1) is 18.2 Å². The van der Waals surface area contributed by atoms with E-state index in [9.17, 15) is 0 Å². The maximum Gasteiger partial charge on any atom is 0.182 e. The summed E-state index contributed by atoms with van der Waals surface area (Å²) < 4.78 is 7.86. The molecule has 2 saturated heterocycles. The Bertz CT molecular complexity index is 695. The first-order valence-electron chi connectivity index (χ1n) is 7.44. The van der Waals surface area contributed by atoms with Crippen LogP contribution in [0.5, 0.6) is 0 Å². The van der Waals surface area contributed by atoms with E-state index in [0.29, 0.717) is 6.10 Å². The van der Waals surface area contributed by atoms with E-state index in [4.69, 9.17) is 10.5 Å². The van der Waals surface area contributed by atoms with Crippen LogP contribution in [0.3, 0.4) is 0 Å². The highest BCUT2D eigenvalue weighted by molar-refractivity contribution is 5.67. The number of benzene rings is 1. The molecule has 0 aliphatic carbocycles. The Kier molecular flexibility index (Phi) is 2.75. The smallest absolute Gasteiger partial charge is 0.182 e. The standard InChI is InChI=1S/C15H19N5O/c1-8-5-9(2)12(16)7-11(8)15-17-18-19-20(15)13-6-10-3-4-14(13)21-10/h5,7,10,13-14H,3-4,6,16H2,1-2H3. The molecule has 0 radical (unpaired) electrons. The molecule has 0 saturated carbocycles. The second-order valence-electron chi connectivity index (χ2n) is 6.15. The fourth-order valence-corrected chi connectivity index (χ4v) is 3.57. The van der Waals surface area contributed by atoms with Crippen molar-refractivity contribution in [3.05, 3.63) is 23.3 Å². The number of hydrogen-bond donors (Lipinski definition) is 1. The summed E-state index contributed by atoms with van der Waals surface area (Å²) in [7, 11) is 0. The maximum absolute atomic E-state index is 6.06. The molecule has 2 bridgehead atoms. The third-order valence-electron chi connectivity index (χ3n) is 4.73. The molecule has 21 heavy (non-hydrogen) atoms. The summed E-state index contributed by atoms with van der Waals surface area (Å²) in [6.45, 7) is 4.08. The van der Waals surface area contributed by atoms with Crippen LogP contribution in [0.4, 0.5) is 5.69 Å². The van der Waals surface area contributed by atoms with Gasteiger partial charge in [-0.15, -0.1) is 5.10 Å². The first-order valence-corrected chi connectivity index (χ1v) is 7.44. The molecule has 1 aromatic heterocycles. The second kappa shape index (κ2) is 4.53. The first kappa shape index (κ1) is 12.8. The van der Waals surface area contributed by atoms with E-state index in [1.165, 1.54) is 0 Å². The Hall–Kier alpha value is -1.95. The second-order valence-corrected chi connectivity index (χ2v) is 6.15. The predicted molar refractivity (Wildman–Crippen MR) is 78.7 cm³/mol. The fraction of sp³-hybridized carbons (Fsp3) is 0.533. The zero-order chi connectivity index (χ0) is 14.6. The van der Waals surface area contributed by atoms with Gasteiger partial charge < -0.3 is 10.5 Å². The fourth-order valence-electron chi connectivity index (χ4n) is 3.57. The summed E-state index contributed by atoms with van der Waals surface area (Å²) in [6.07, 6.45) is 3.89. The summed E-state index contributed by atoms with van der Waals surface area (Å²) in [5.41, 5.74) is 10.1. The lowest BCUT2D eigenvalue weighted by molar-refractivity contribution is 0.0922. The zero-order valence-corrected chi connectivity index (χ0v) is 12.3. The number of tetrazole rings is 1. The minimum atomic E-state index is 0.246. The molecule has 3 heterocycles. The summed E-state index contributed by atoms with van der Waals surface area (Å²) >= 11 is 0. The molecule has 2 aliphatic rings. The van der Waals surface area contributed by atoms with E-state index in [1.807, 2.05) is 17.7 Å². The molecule has 6 heteroatoms. The molecule has 0 spiro atoms. The van der Waals surface area contributed by atoms with E-state index in [2.05, 4.69) is 28.5 Å². The van der Waals surface area contributed by atoms with Gasteiger partial charge in [-0.05, 0) is 60.7 Å². The minimum Gasteiger partial charge on any atom is -0.398 e. The lowest BCUT2D eigenvalue weighted by Crippen LogP contribution is -2.23.